The molecule has 0 aromatic carbocycles. The predicted molar refractivity (Wildman–Crippen MR) is 230 cm³/mol. The van der Waals surface area contributed by atoms with Gasteiger partial charge in [-0.15, -0.1) is 5.10 Å². The van der Waals surface area contributed by atoms with Gasteiger partial charge in [-0.3, -0.25) is 19.0 Å². The van der Waals surface area contributed by atoms with Crippen LogP contribution >= 0.6 is 22.6 Å². The minimum absolute atomic E-state index is 0.630. The third-order valence-corrected chi connectivity index (χ3v) is 10.9. The molecule has 0 radical (unpaired) electrons. The van der Waals surface area contributed by atoms with E-state index in [9.17, 15) is 0 Å². The van der Waals surface area contributed by atoms with Crippen LogP contribution in [0.25, 0.3) is 11.4 Å². The number of H-pyrrole nitrogens is 1. The highest BCUT2D eigenvalue weighted by atomic mass is 127. The van der Waals surface area contributed by atoms with Crippen LogP contribution in [-0.4, -0.2) is 82.7 Å². The zero-order chi connectivity index (χ0) is 39.8. The Morgan fingerprint density at radius 3 is 1.82 bits per heavy atom. The smallest absolute Gasteiger partial charge is 0.273 e. The van der Waals surface area contributed by atoms with Crippen molar-refractivity contribution in [1.29, 1.82) is 0 Å². The molecule has 5 aliphatic rings. The van der Waals surface area contributed by atoms with Crippen molar-refractivity contribution >= 4 is 39.9 Å². The molecule has 0 unspecified atom stereocenters. The number of nitrogens with one attached hydrogen (secondary N) is 3. The zero-order valence-corrected chi connectivity index (χ0v) is 35.6. The second-order valence-corrected chi connectivity index (χ2v) is 16.6. The van der Waals surface area contributed by atoms with Gasteiger partial charge in [0.25, 0.3) is 5.69 Å². The molecule has 2 atom stereocenters. The van der Waals surface area contributed by atoms with E-state index in [1.54, 1.807) is 24.9 Å². The summed E-state index contributed by atoms with van der Waals surface area (Å²) in [5.41, 5.74) is 23.7. The number of halogens is 1. The fraction of sp³-hybridized carbons (Fsp3) is 0.538. The maximum atomic E-state index is 5.91. The van der Waals surface area contributed by atoms with Crippen LogP contribution in [0.1, 0.15) is 87.4 Å². The lowest BCUT2D eigenvalue weighted by atomic mass is 9.91. The van der Waals surface area contributed by atoms with E-state index in [0.29, 0.717) is 35.6 Å². The average molecular weight is 880 g/mol. The van der Waals surface area contributed by atoms with Crippen molar-refractivity contribution in [3.8, 4) is 11.4 Å². The van der Waals surface area contributed by atoms with Crippen molar-refractivity contribution < 1.29 is 4.68 Å². The summed E-state index contributed by atoms with van der Waals surface area (Å²) in [7, 11) is 9.81. The van der Waals surface area contributed by atoms with Crippen molar-refractivity contribution in [3.05, 3.63) is 76.0 Å². The van der Waals surface area contributed by atoms with Gasteiger partial charge in [0.15, 0.2) is 5.82 Å². The first-order chi connectivity index (χ1) is 27.0. The number of anilines is 2. The molecule has 1 aliphatic heterocycles. The number of aliphatic imine (C=N–C) groups is 1. The summed E-state index contributed by atoms with van der Waals surface area (Å²) in [5.74, 6) is 3.46. The number of allylic oxidation sites excluding steroid dienone is 1. The lowest BCUT2D eigenvalue weighted by Crippen LogP contribution is -2.47. The van der Waals surface area contributed by atoms with Crippen molar-refractivity contribution in [2.45, 2.75) is 88.1 Å². The molecule has 5 aromatic heterocycles. The lowest BCUT2D eigenvalue weighted by Gasteiger charge is -2.30. The van der Waals surface area contributed by atoms with Gasteiger partial charge in [-0.2, -0.15) is 20.4 Å². The summed E-state index contributed by atoms with van der Waals surface area (Å²) in [5, 5.41) is 26.5. The predicted octanol–water partition coefficient (Wildman–Crippen LogP) is 4.00. The van der Waals surface area contributed by atoms with Gasteiger partial charge >= 0.3 is 0 Å². The summed E-state index contributed by atoms with van der Waals surface area (Å²) < 4.78 is 10.3. The van der Waals surface area contributed by atoms with Crippen LogP contribution < -0.4 is 32.5 Å². The molecule has 0 bridgehead atoms. The van der Waals surface area contributed by atoms with Crippen LogP contribution in [0.2, 0.25) is 0 Å². The molecule has 4 saturated carbocycles. The topological polar surface area (TPSA) is 205 Å². The first-order valence-corrected chi connectivity index (χ1v) is 20.8. The quantitative estimate of drug-likeness (QED) is 0.103. The highest BCUT2D eigenvalue weighted by Crippen LogP contribution is 2.40. The number of hydrogen-bond acceptors (Lipinski definition) is 10. The number of likely N-dealkylation sites (N-methyl/N-ethyl adjacent to an activating group) is 2. The molecule has 0 saturated heterocycles. The molecular weight excluding hydrogens is 819 g/mol. The Morgan fingerprint density at radius 2 is 1.36 bits per heavy atom. The number of aromatic nitrogens is 10. The first kappa shape index (κ1) is 41.2. The Labute approximate surface area is 343 Å². The summed E-state index contributed by atoms with van der Waals surface area (Å²) in [6, 6.07) is 5.40. The van der Waals surface area contributed by atoms with E-state index in [1.165, 1.54) is 79.2 Å². The number of nitrogen functional groups attached to an aromatic ring is 2. The second-order valence-electron chi connectivity index (χ2n) is 15.3. The molecule has 56 heavy (non-hydrogen) atoms. The molecule has 0 spiro atoms. The maximum absolute atomic E-state index is 5.91. The zero-order valence-electron chi connectivity index (χ0n) is 33.4. The van der Waals surface area contributed by atoms with Crippen LogP contribution in [0, 0.1) is 9.49 Å². The van der Waals surface area contributed by atoms with Gasteiger partial charge in [0.2, 0.25) is 5.69 Å². The van der Waals surface area contributed by atoms with Crippen LogP contribution in [0.4, 0.5) is 11.6 Å². The van der Waals surface area contributed by atoms with Gasteiger partial charge in [-0.25, -0.2) is 4.68 Å². The van der Waals surface area contributed by atoms with E-state index in [0.717, 1.165) is 35.2 Å². The molecule has 4 fully saturated rings. The fourth-order valence-electron chi connectivity index (χ4n) is 6.89. The largest absolute Gasteiger partial charge is 0.400 e. The third-order valence-electron chi connectivity index (χ3n) is 10.4. The minimum atomic E-state index is 0.630. The Hall–Kier alpha value is -4.49. The number of aromatic amines is 1. The Balaban J connectivity index is 0.000000122. The number of nitrogens with zero attached hydrogens (tertiary/aromatic N) is 10. The van der Waals surface area contributed by atoms with Crippen LogP contribution in [0.3, 0.4) is 0 Å². The Kier molecular flexibility index (Phi) is 14.0. The summed E-state index contributed by atoms with van der Waals surface area (Å²) in [6.07, 6.45) is 26.4. The molecule has 5 aromatic rings. The summed E-state index contributed by atoms with van der Waals surface area (Å²) in [4.78, 5) is 4.28. The second kappa shape index (κ2) is 19.1. The Bertz CT molecular complexity index is 2020. The molecule has 0 amide bonds. The van der Waals surface area contributed by atoms with Crippen LogP contribution in [0.15, 0.2) is 66.1 Å². The van der Waals surface area contributed by atoms with E-state index in [1.807, 2.05) is 75.0 Å². The van der Waals surface area contributed by atoms with Gasteiger partial charge in [0, 0.05) is 74.7 Å². The number of hydrogen-bond donors (Lipinski definition) is 6. The number of nitrogens with two attached hydrogens (primary N) is 3. The van der Waals surface area contributed by atoms with Crippen LogP contribution in [0.5, 0.6) is 0 Å². The van der Waals surface area contributed by atoms with Gasteiger partial charge in [-0.1, -0.05) is 17.5 Å². The molecule has 16 nitrogen and oxygen atoms in total. The Morgan fingerprint density at radius 1 is 0.750 bits per heavy atom. The lowest BCUT2D eigenvalue weighted by molar-refractivity contribution is -0.662. The number of rotatable bonds is 7. The molecule has 17 heteroatoms. The monoisotopic (exact) mass is 879 g/mol. The fourth-order valence-corrected chi connectivity index (χ4v) is 7.42. The minimum Gasteiger partial charge on any atom is -0.400 e. The first-order valence-electron chi connectivity index (χ1n) is 19.7. The maximum Gasteiger partial charge on any atom is 0.273 e. The average Bonchev–Trinajstić information content (AvgIpc) is 4.15. The van der Waals surface area contributed by atoms with E-state index < -0.39 is 0 Å². The van der Waals surface area contributed by atoms with Crippen molar-refractivity contribution in [3.63, 3.8) is 0 Å². The molecule has 10 rings (SSSR count). The van der Waals surface area contributed by atoms with Crippen molar-refractivity contribution in [2.24, 2.45) is 37.8 Å². The SMILES string of the molecule is CN[C@@H]1CCCC[C@H]1NC.Cn1cc(-[n+]2[nH]c(N)cc2C2CC2)cn1.Cn1cc(-n2nc(C3CC3)cc2N)cn1.Cn1cc(I)cn1.NC1=CC(C2CC2)=NC1. The van der Waals surface area contributed by atoms with Gasteiger partial charge in [0.05, 0.1) is 46.7 Å². The summed E-state index contributed by atoms with van der Waals surface area (Å²) >= 11 is 2.22. The highest BCUT2D eigenvalue weighted by molar-refractivity contribution is 14.1. The van der Waals surface area contributed by atoms with Crippen LogP contribution in [-0.2, 0) is 21.1 Å². The van der Waals surface area contributed by atoms with Gasteiger partial charge in [0.1, 0.15) is 17.7 Å². The normalized spacial score (nSPS) is 19.9. The van der Waals surface area contributed by atoms with E-state index in [2.05, 4.69) is 77.8 Å². The molecular formula is C39H60IN16+. The molecule has 4 aliphatic carbocycles. The van der Waals surface area contributed by atoms with E-state index >= 15 is 0 Å². The van der Waals surface area contributed by atoms with Crippen molar-refractivity contribution in [2.75, 3.05) is 32.1 Å². The van der Waals surface area contributed by atoms with Gasteiger partial charge in [-0.05, 0) is 94.1 Å². The highest BCUT2D eigenvalue weighted by Gasteiger charge is 2.35. The van der Waals surface area contributed by atoms with Crippen molar-refractivity contribution in [1.82, 2.24) is 54.9 Å². The van der Waals surface area contributed by atoms with E-state index in [4.69, 9.17) is 17.2 Å². The van der Waals surface area contributed by atoms with E-state index in [-0.39, 0.29) is 0 Å². The summed E-state index contributed by atoms with van der Waals surface area (Å²) in [6.45, 7) is 0.742. The molecule has 302 valence electrons. The molecule has 6 heterocycles. The number of aryl methyl sites for hydroxylation is 3. The third kappa shape index (κ3) is 11.8. The van der Waals surface area contributed by atoms with Gasteiger partial charge < -0.3 is 27.8 Å². The standard InChI is InChI=1S/2C10H13N5.C8H18N2.C7H10N2.C4H5IN2/c1-14-6-8(5-12-14)15-9(7-2-3-7)4-10(11)13-15;1-14-6-8(5-12-14)15-10(11)4-9(13-15)7-2-3-7;1-9-7-5-3-4-6-8(7)10-2;8-6-3-7(9-4-6)5-1-2-5;1-7-3-4(5)2-6-7/h4-7H,2-3H2,1H3,(H2,11,13);4-7H,2-3,11H2,1H3;7-10H,3-6H2,1-2H3;3,5H,1-2,4,8H2;2-3H,1H3/p+1/t;;7-,8-;;/m..1../s1. The molecule has 9 N–H and O–H groups in total.